The first-order chi connectivity index (χ1) is 35.2. The number of nitrogens with zero attached hydrogens (tertiary/aromatic N) is 4. The number of esters is 4. The molecule has 0 radical (unpaired) electrons. The lowest BCUT2D eigenvalue weighted by Gasteiger charge is -2.35. The number of rotatable bonds is 13. The molecular weight excluding hydrogens is 961 g/mol. The second kappa shape index (κ2) is 28.3. The van der Waals surface area contributed by atoms with E-state index in [0.717, 1.165) is 33.8 Å². The van der Waals surface area contributed by atoms with Crippen LogP contribution in [0.4, 0.5) is 0 Å². The fourth-order valence-electron chi connectivity index (χ4n) is 9.59. The molecule has 2 aromatic carbocycles. The Morgan fingerprint density at radius 3 is 1.05 bits per heavy atom. The molecule has 0 N–H and O–H groups in total. The molecule has 0 aliphatic carbocycles. The molecule has 8 atom stereocenters. The summed E-state index contributed by atoms with van der Waals surface area (Å²) in [7, 11) is 5.61. The highest BCUT2D eigenvalue weighted by Crippen LogP contribution is 2.29. The molecule has 4 rings (SSSR count). The van der Waals surface area contributed by atoms with Gasteiger partial charge in [-0.15, -0.1) is 0 Å². The minimum absolute atomic E-state index is 0.0844. The quantitative estimate of drug-likeness (QED) is 0.149. The Kier molecular flexibility index (Phi) is 23.3. The first-order valence-electron chi connectivity index (χ1n) is 26.8. The molecule has 0 unspecified atom stereocenters. The summed E-state index contributed by atoms with van der Waals surface area (Å²) in [6.45, 7) is 20.9. The largest absolute Gasteiger partial charge is 0.451 e. The van der Waals surface area contributed by atoms with E-state index in [-0.39, 0.29) is 62.2 Å². The van der Waals surface area contributed by atoms with Crippen molar-refractivity contribution in [3.05, 3.63) is 70.8 Å². The molecular formula is C58H86N4O13. The van der Waals surface area contributed by atoms with Crippen LogP contribution in [0.15, 0.2) is 48.5 Å². The molecule has 2 aromatic rings. The summed E-state index contributed by atoms with van der Waals surface area (Å²) in [5.41, 5.74) is 3.40. The van der Waals surface area contributed by atoms with Crippen LogP contribution in [0, 0.1) is 30.6 Å². The zero-order valence-corrected chi connectivity index (χ0v) is 47.3. The molecule has 0 aromatic heterocycles. The fraction of sp³-hybridized carbons (Fsp3) is 0.655. The van der Waals surface area contributed by atoms with Gasteiger partial charge in [0, 0.05) is 54.2 Å². The maximum Gasteiger partial charge on any atom is 0.329 e. The third-order valence-corrected chi connectivity index (χ3v) is 14.1. The van der Waals surface area contributed by atoms with Gasteiger partial charge in [-0.2, -0.15) is 0 Å². The second-order valence-electron chi connectivity index (χ2n) is 22.4. The lowest BCUT2D eigenvalue weighted by Crippen LogP contribution is -2.55. The Balaban J connectivity index is 1.86. The molecule has 0 saturated carbocycles. The van der Waals surface area contributed by atoms with Crippen molar-refractivity contribution >= 4 is 47.5 Å². The average molecular weight is 1050 g/mol. The summed E-state index contributed by atoms with van der Waals surface area (Å²) in [6, 6.07) is 10.0. The SMILES string of the molecule is Cc1ccc(C[C@H]2OC(=O)[C@H](CC(C)C)N(C)C(=O)[C@@H](C)OC(=O)[C@H](CC(C)C)N(C)C(=O)[C@@H](Cc3ccc(C4CCOCC4)cc3)OC(=O)[C@H](CC(C)C)N(C)C(=O)[C@@H](C)OC(=O)[C@H](CC(C)C)N(C)C2=O)cc1. The van der Waals surface area contributed by atoms with Gasteiger partial charge >= 0.3 is 23.9 Å². The van der Waals surface area contributed by atoms with Gasteiger partial charge in [0.1, 0.15) is 24.2 Å². The van der Waals surface area contributed by atoms with Crippen molar-refractivity contribution in [2.24, 2.45) is 23.7 Å². The summed E-state index contributed by atoms with van der Waals surface area (Å²) < 4.78 is 29.7. The number of aryl methyl sites for hydroxylation is 1. The summed E-state index contributed by atoms with van der Waals surface area (Å²) in [4.78, 5) is 121. The number of likely N-dealkylation sites (N-methyl/N-ethyl adjacent to an activating group) is 4. The van der Waals surface area contributed by atoms with E-state index in [0.29, 0.717) is 30.3 Å². The van der Waals surface area contributed by atoms with Crippen molar-refractivity contribution in [1.82, 2.24) is 19.6 Å². The van der Waals surface area contributed by atoms with Crippen LogP contribution >= 0.6 is 0 Å². The van der Waals surface area contributed by atoms with Gasteiger partial charge in [0.25, 0.3) is 23.6 Å². The van der Waals surface area contributed by atoms with Gasteiger partial charge in [0.15, 0.2) is 24.4 Å². The number of benzene rings is 2. The normalized spacial score (nSPS) is 25.5. The molecule has 0 bridgehead atoms. The van der Waals surface area contributed by atoms with Crippen LogP contribution in [0.2, 0.25) is 0 Å². The number of ether oxygens (including phenoxy) is 5. The predicted molar refractivity (Wildman–Crippen MR) is 283 cm³/mol. The van der Waals surface area contributed by atoms with Crippen molar-refractivity contribution in [3.8, 4) is 0 Å². The molecule has 2 saturated heterocycles. The highest BCUT2D eigenvalue weighted by atomic mass is 16.6. The first-order valence-corrected chi connectivity index (χ1v) is 26.8. The Hall–Kier alpha value is -5.84. The molecule has 2 heterocycles. The van der Waals surface area contributed by atoms with Crippen molar-refractivity contribution in [1.29, 1.82) is 0 Å². The predicted octanol–water partition coefficient (Wildman–Crippen LogP) is 6.87. The molecule has 4 amide bonds. The standard InChI is InChI=1S/C58H86N4O13/c1-34(2)28-45-55(67)72-40(11)52(64)60(13)48(31-37(7)8)58(70)75-50(33-42-20-22-43(23-21-42)44-24-26-71-27-25-44)54(66)62(15)46(29-35(3)4)56(68)73-39(10)51(63)59(12)47(30-36(5)6)57(69)74-49(53(65)61(45)14)32-41-18-16-38(9)17-19-41/h16-23,34-37,39-40,44-50H,24-33H2,1-15H3/t39-,40-,45+,46+,47+,48+,49-,50-/m1/s1. The van der Waals surface area contributed by atoms with Gasteiger partial charge < -0.3 is 43.3 Å². The van der Waals surface area contributed by atoms with E-state index in [1.165, 1.54) is 51.8 Å². The number of carbonyl (C=O) groups is 8. The third-order valence-electron chi connectivity index (χ3n) is 14.1. The van der Waals surface area contributed by atoms with Crippen molar-refractivity contribution in [2.75, 3.05) is 41.4 Å². The van der Waals surface area contributed by atoms with Crippen LogP contribution in [0.3, 0.4) is 0 Å². The average Bonchev–Trinajstić information content (AvgIpc) is 3.36. The highest BCUT2D eigenvalue weighted by molar-refractivity contribution is 5.94. The van der Waals surface area contributed by atoms with Crippen LogP contribution in [0.1, 0.15) is 136 Å². The smallest absolute Gasteiger partial charge is 0.329 e. The van der Waals surface area contributed by atoms with E-state index in [9.17, 15) is 38.4 Å². The van der Waals surface area contributed by atoms with Crippen molar-refractivity contribution in [3.63, 3.8) is 0 Å². The topological polar surface area (TPSA) is 196 Å². The number of cyclic esters (lactones) is 4. The third kappa shape index (κ3) is 17.6. The molecule has 75 heavy (non-hydrogen) atoms. The second-order valence-corrected chi connectivity index (χ2v) is 22.4. The molecule has 2 aliphatic rings. The van der Waals surface area contributed by atoms with Crippen LogP contribution < -0.4 is 0 Å². The molecule has 17 nitrogen and oxygen atoms in total. The van der Waals surface area contributed by atoms with Gasteiger partial charge in [0.2, 0.25) is 0 Å². The van der Waals surface area contributed by atoms with Crippen molar-refractivity contribution in [2.45, 2.75) is 182 Å². The minimum Gasteiger partial charge on any atom is -0.451 e. The molecule has 2 fully saturated rings. The van der Waals surface area contributed by atoms with Gasteiger partial charge in [-0.05, 0) is 106 Å². The number of carbonyl (C=O) groups excluding carboxylic acids is 8. The van der Waals surface area contributed by atoms with E-state index >= 15 is 0 Å². The minimum atomic E-state index is -1.49. The summed E-state index contributed by atoms with van der Waals surface area (Å²) in [6.07, 6.45) is -3.90. The summed E-state index contributed by atoms with van der Waals surface area (Å²) in [5.74, 6) is -6.85. The van der Waals surface area contributed by atoms with Gasteiger partial charge in [-0.1, -0.05) is 109 Å². The molecule has 416 valence electrons. The molecule has 17 heteroatoms. The maximum absolute atomic E-state index is 14.9. The number of amides is 4. The zero-order chi connectivity index (χ0) is 56.0. The van der Waals surface area contributed by atoms with Gasteiger partial charge in [-0.25, -0.2) is 19.2 Å². The van der Waals surface area contributed by atoms with Crippen LogP contribution in [0.5, 0.6) is 0 Å². The van der Waals surface area contributed by atoms with E-state index in [1.807, 2.05) is 98.7 Å². The van der Waals surface area contributed by atoms with Crippen molar-refractivity contribution < 1.29 is 62.0 Å². The van der Waals surface area contributed by atoms with Gasteiger partial charge in [-0.3, -0.25) is 19.2 Å². The van der Waals surface area contributed by atoms with E-state index < -0.39 is 96.1 Å². The number of hydrogen-bond acceptors (Lipinski definition) is 13. The van der Waals surface area contributed by atoms with Crippen LogP contribution in [-0.4, -0.2) is 157 Å². The van der Waals surface area contributed by atoms with E-state index in [2.05, 4.69) is 0 Å². The van der Waals surface area contributed by atoms with Crippen LogP contribution in [0.25, 0.3) is 0 Å². The molecule has 0 spiro atoms. The van der Waals surface area contributed by atoms with Crippen LogP contribution in [-0.2, 0) is 74.9 Å². The Bertz CT molecular complexity index is 2240. The monoisotopic (exact) mass is 1050 g/mol. The number of hydrogen-bond donors (Lipinski definition) is 0. The lowest BCUT2D eigenvalue weighted by atomic mass is 9.90. The molecule has 2 aliphatic heterocycles. The Morgan fingerprint density at radius 1 is 0.440 bits per heavy atom. The zero-order valence-electron chi connectivity index (χ0n) is 47.3. The maximum atomic E-state index is 14.9. The lowest BCUT2D eigenvalue weighted by molar-refractivity contribution is -0.176. The summed E-state index contributed by atoms with van der Waals surface area (Å²) >= 11 is 0. The fourth-order valence-corrected chi connectivity index (χ4v) is 9.59. The summed E-state index contributed by atoms with van der Waals surface area (Å²) in [5, 5.41) is 0. The van der Waals surface area contributed by atoms with E-state index in [1.54, 1.807) is 12.1 Å². The Labute approximate surface area is 445 Å². The Morgan fingerprint density at radius 2 is 0.733 bits per heavy atom. The first kappa shape index (κ1) is 61.7. The highest BCUT2D eigenvalue weighted by Gasteiger charge is 2.43. The van der Waals surface area contributed by atoms with E-state index in [4.69, 9.17) is 23.7 Å². The van der Waals surface area contributed by atoms with Gasteiger partial charge in [0.05, 0.1) is 0 Å².